The highest BCUT2D eigenvalue weighted by Crippen LogP contribution is 2.26. The molecule has 0 saturated heterocycles. The van der Waals surface area contributed by atoms with E-state index in [0.717, 1.165) is 0 Å². The van der Waals surface area contributed by atoms with E-state index in [1.54, 1.807) is 16.9 Å². The second-order valence-electron chi connectivity index (χ2n) is 4.18. The van der Waals surface area contributed by atoms with E-state index in [0.29, 0.717) is 26.3 Å². The summed E-state index contributed by atoms with van der Waals surface area (Å²) in [6, 6.07) is 3.00. The summed E-state index contributed by atoms with van der Waals surface area (Å²) in [6.07, 6.45) is 1.63. The Hall–Kier alpha value is -0.700. The molecule has 2 atom stereocenters. The van der Waals surface area contributed by atoms with Gasteiger partial charge >= 0.3 is 0 Å². The molecule has 4 nitrogen and oxygen atoms in total. The van der Waals surface area contributed by atoms with Crippen LogP contribution in [0.4, 0.5) is 10.3 Å². The number of imidazole rings is 1. The van der Waals surface area contributed by atoms with Crippen LogP contribution in [0.1, 0.15) is 13.0 Å². The quantitative estimate of drug-likeness (QED) is 0.831. The minimum absolute atomic E-state index is 0.0831. The molecule has 0 fully saturated rings. The Morgan fingerprint density at radius 2 is 2.28 bits per heavy atom. The van der Waals surface area contributed by atoms with Gasteiger partial charge in [-0.1, -0.05) is 0 Å². The van der Waals surface area contributed by atoms with Gasteiger partial charge in [-0.3, -0.25) is 4.21 Å². The van der Waals surface area contributed by atoms with E-state index in [2.05, 4.69) is 4.98 Å². The van der Waals surface area contributed by atoms with Crippen LogP contribution in [0, 0.1) is 9.39 Å². The van der Waals surface area contributed by atoms with E-state index in [9.17, 15) is 8.60 Å². The lowest BCUT2D eigenvalue weighted by molar-refractivity contribution is 0.608. The molecule has 18 heavy (non-hydrogen) atoms. The number of nitrogens with two attached hydrogens (primary N) is 1. The number of rotatable bonds is 3. The average Bonchev–Trinajstić information content (AvgIpc) is 2.53. The Kier molecular flexibility index (Phi) is 3.90. The van der Waals surface area contributed by atoms with Gasteiger partial charge in [0.25, 0.3) is 0 Å². The normalized spacial score (nSPS) is 14.9. The minimum atomic E-state index is -0.941. The van der Waals surface area contributed by atoms with E-state index in [1.807, 2.05) is 29.5 Å². The van der Waals surface area contributed by atoms with Gasteiger partial charge in [0.05, 0.1) is 14.6 Å². The molecule has 2 N–H and O–H groups in total. The largest absolute Gasteiger partial charge is 0.369 e. The van der Waals surface area contributed by atoms with Crippen molar-refractivity contribution in [3.05, 3.63) is 21.5 Å². The lowest BCUT2D eigenvalue weighted by Gasteiger charge is -2.14. The lowest BCUT2D eigenvalue weighted by Crippen LogP contribution is -2.15. The molecule has 0 aliphatic rings. The molecular weight excluding hydrogens is 368 g/mol. The summed E-state index contributed by atoms with van der Waals surface area (Å²) in [6.45, 7) is 1.90. The molecule has 2 aromatic rings. The first-order valence-electron chi connectivity index (χ1n) is 5.32. The fourth-order valence-electron chi connectivity index (χ4n) is 1.99. The Morgan fingerprint density at radius 3 is 2.89 bits per heavy atom. The molecule has 1 aromatic carbocycles. The van der Waals surface area contributed by atoms with Crippen LogP contribution in [0.2, 0.25) is 0 Å². The average molecular weight is 381 g/mol. The van der Waals surface area contributed by atoms with Gasteiger partial charge in [0.2, 0.25) is 5.95 Å². The summed E-state index contributed by atoms with van der Waals surface area (Å²) in [7, 11) is -0.941. The molecule has 7 heteroatoms. The van der Waals surface area contributed by atoms with Crippen molar-refractivity contribution in [2.24, 2.45) is 0 Å². The van der Waals surface area contributed by atoms with Crippen molar-refractivity contribution in [2.75, 3.05) is 17.7 Å². The van der Waals surface area contributed by atoms with Crippen molar-refractivity contribution in [1.82, 2.24) is 9.55 Å². The first kappa shape index (κ1) is 13.7. The van der Waals surface area contributed by atoms with Crippen LogP contribution in [0.5, 0.6) is 0 Å². The zero-order valence-electron chi connectivity index (χ0n) is 9.98. The minimum Gasteiger partial charge on any atom is -0.369 e. The molecule has 1 heterocycles. The van der Waals surface area contributed by atoms with Crippen LogP contribution in [-0.4, -0.2) is 25.8 Å². The molecule has 2 rings (SSSR count). The SMILES string of the molecule is CC(CS(C)=O)n1c(N)nc2cc(I)c(F)cc21. The van der Waals surface area contributed by atoms with E-state index in [1.165, 1.54) is 6.07 Å². The van der Waals surface area contributed by atoms with Crippen molar-refractivity contribution in [1.29, 1.82) is 0 Å². The fraction of sp³-hybridized carbons (Fsp3) is 0.364. The number of nitrogens with zero attached hydrogens (tertiary/aromatic N) is 2. The predicted molar refractivity (Wildman–Crippen MR) is 80.5 cm³/mol. The maximum Gasteiger partial charge on any atom is 0.201 e. The number of hydrogen-bond donors (Lipinski definition) is 1. The molecular formula is C11H13FIN3OS. The molecule has 98 valence electrons. The molecule has 0 spiro atoms. The lowest BCUT2D eigenvalue weighted by atomic mass is 10.3. The first-order valence-corrected chi connectivity index (χ1v) is 8.13. The van der Waals surface area contributed by atoms with Crippen LogP contribution in [0.15, 0.2) is 12.1 Å². The zero-order valence-corrected chi connectivity index (χ0v) is 13.0. The molecule has 1 aromatic heterocycles. The highest BCUT2D eigenvalue weighted by atomic mass is 127. The Morgan fingerprint density at radius 1 is 1.61 bits per heavy atom. The number of fused-ring (bicyclic) bond motifs is 1. The van der Waals surface area contributed by atoms with E-state index in [4.69, 9.17) is 5.73 Å². The predicted octanol–water partition coefficient (Wildman–Crippen LogP) is 2.30. The number of anilines is 1. The van der Waals surface area contributed by atoms with Crippen LogP contribution in [0.25, 0.3) is 11.0 Å². The summed E-state index contributed by atoms with van der Waals surface area (Å²) in [5, 5.41) is 0. The molecule has 0 radical (unpaired) electrons. The molecule has 2 unspecified atom stereocenters. The highest BCUT2D eigenvalue weighted by Gasteiger charge is 2.16. The maximum atomic E-state index is 13.6. The number of halogens is 2. The van der Waals surface area contributed by atoms with Crippen LogP contribution in [-0.2, 0) is 10.8 Å². The third-order valence-corrected chi connectivity index (χ3v) is 4.45. The molecule has 0 bridgehead atoms. The van der Waals surface area contributed by atoms with Gasteiger partial charge in [-0.25, -0.2) is 9.37 Å². The first-order chi connectivity index (χ1) is 8.40. The standard InChI is InChI=1S/C11H13FIN3OS/c1-6(5-18(2)17)16-10-3-7(12)8(13)4-9(10)15-11(16)14/h3-4,6H,5H2,1-2H3,(H2,14,15). The van der Waals surface area contributed by atoms with E-state index < -0.39 is 10.8 Å². The maximum absolute atomic E-state index is 13.6. The summed E-state index contributed by atoms with van der Waals surface area (Å²) in [4.78, 5) is 4.21. The number of hydrogen-bond acceptors (Lipinski definition) is 3. The Labute approximate surface area is 120 Å². The third-order valence-electron chi connectivity index (χ3n) is 2.68. The summed E-state index contributed by atoms with van der Waals surface area (Å²) >= 11 is 1.92. The van der Waals surface area contributed by atoms with Gasteiger partial charge in [0.1, 0.15) is 5.82 Å². The van der Waals surface area contributed by atoms with Gasteiger partial charge in [-0.15, -0.1) is 0 Å². The monoisotopic (exact) mass is 381 g/mol. The van der Waals surface area contributed by atoms with Gasteiger partial charge in [-0.2, -0.15) is 0 Å². The fourth-order valence-corrected chi connectivity index (χ4v) is 3.27. The van der Waals surface area contributed by atoms with Crippen LogP contribution >= 0.6 is 22.6 Å². The molecule has 0 aliphatic heterocycles. The van der Waals surface area contributed by atoms with Gasteiger partial charge in [0, 0.05) is 34.9 Å². The number of nitrogen functional groups attached to an aromatic ring is 1. The van der Waals surface area contributed by atoms with E-state index >= 15 is 0 Å². The summed E-state index contributed by atoms with van der Waals surface area (Å²) in [5.74, 6) is 0.488. The highest BCUT2D eigenvalue weighted by molar-refractivity contribution is 14.1. The van der Waals surface area contributed by atoms with Gasteiger partial charge in [0.15, 0.2) is 0 Å². The number of benzene rings is 1. The van der Waals surface area contributed by atoms with Crippen molar-refractivity contribution >= 4 is 50.4 Å². The Balaban J connectivity index is 2.59. The van der Waals surface area contributed by atoms with Crippen molar-refractivity contribution < 1.29 is 8.60 Å². The second-order valence-corrected chi connectivity index (χ2v) is 6.83. The van der Waals surface area contributed by atoms with Crippen molar-refractivity contribution in [3.63, 3.8) is 0 Å². The van der Waals surface area contributed by atoms with Gasteiger partial charge in [-0.05, 0) is 35.6 Å². The summed E-state index contributed by atoms with van der Waals surface area (Å²) in [5.41, 5.74) is 7.16. The second kappa shape index (κ2) is 5.12. The topological polar surface area (TPSA) is 60.9 Å². The molecule has 0 amide bonds. The van der Waals surface area contributed by atoms with Crippen LogP contribution in [0.3, 0.4) is 0 Å². The Bertz CT molecular complexity index is 628. The van der Waals surface area contributed by atoms with Crippen molar-refractivity contribution in [3.8, 4) is 0 Å². The summed E-state index contributed by atoms with van der Waals surface area (Å²) < 4.78 is 27.1. The molecule has 0 saturated carbocycles. The smallest absolute Gasteiger partial charge is 0.201 e. The van der Waals surface area contributed by atoms with Crippen molar-refractivity contribution in [2.45, 2.75) is 13.0 Å². The third kappa shape index (κ3) is 2.51. The van der Waals surface area contributed by atoms with Gasteiger partial charge < -0.3 is 10.3 Å². The van der Waals surface area contributed by atoms with Crippen LogP contribution < -0.4 is 5.73 Å². The number of aromatic nitrogens is 2. The van der Waals surface area contributed by atoms with E-state index in [-0.39, 0.29) is 11.9 Å². The molecule has 0 aliphatic carbocycles. The zero-order chi connectivity index (χ0) is 13.4.